The van der Waals surface area contributed by atoms with Crippen molar-refractivity contribution in [3.8, 4) is 79.7 Å². The van der Waals surface area contributed by atoms with Gasteiger partial charge in [-0.3, -0.25) is 9.13 Å². The number of benzene rings is 15. The van der Waals surface area contributed by atoms with Crippen molar-refractivity contribution >= 4 is 131 Å². The van der Waals surface area contributed by atoms with Crippen molar-refractivity contribution in [3.05, 3.63) is 364 Å². The fourth-order valence-electron chi connectivity index (χ4n) is 17.7. The lowest BCUT2D eigenvalue weighted by Crippen LogP contribution is -2.16. The monoisotopic (exact) mass is 1380 g/mol. The van der Waals surface area contributed by atoms with Crippen LogP contribution in [0.1, 0.15) is 0 Å². The number of fused-ring (bicyclic) bond motifs is 18. The molecule has 0 radical (unpaired) electrons. The third-order valence-corrected chi connectivity index (χ3v) is 22.3. The van der Waals surface area contributed by atoms with Crippen molar-refractivity contribution in [1.29, 1.82) is 0 Å². The second kappa shape index (κ2) is 23.4. The zero-order valence-corrected chi connectivity index (χ0v) is 58.1. The van der Waals surface area contributed by atoms with E-state index in [9.17, 15) is 0 Å². The van der Waals surface area contributed by atoms with E-state index in [0.29, 0.717) is 17.5 Å². The summed E-state index contributed by atoms with van der Waals surface area (Å²) in [6, 6.07) is 132. The maximum absolute atomic E-state index is 6.68. The van der Waals surface area contributed by atoms with E-state index in [1.165, 1.54) is 21.5 Å². The van der Waals surface area contributed by atoms with Gasteiger partial charge in [0.25, 0.3) is 0 Å². The molecule has 23 aromatic rings. The van der Waals surface area contributed by atoms with Crippen LogP contribution in [0.15, 0.2) is 364 Å². The molecule has 0 bridgehead atoms. The zero-order valence-electron chi connectivity index (χ0n) is 58.1. The molecule has 10 nitrogen and oxygen atoms in total. The highest BCUT2D eigenvalue weighted by molar-refractivity contribution is 6.18. The number of aromatic nitrogens is 10. The van der Waals surface area contributed by atoms with Gasteiger partial charge in [0.05, 0.1) is 66.2 Å². The summed E-state index contributed by atoms with van der Waals surface area (Å²) in [5, 5.41) is 13.7. The maximum atomic E-state index is 6.68. The highest BCUT2D eigenvalue weighted by atomic mass is 15.2. The van der Waals surface area contributed by atoms with E-state index in [1.807, 2.05) is 36.4 Å². The molecule has 0 aliphatic heterocycles. The molecule has 0 saturated heterocycles. The predicted octanol–water partition coefficient (Wildman–Crippen LogP) is 24.5. The van der Waals surface area contributed by atoms with Crippen LogP contribution in [-0.2, 0) is 0 Å². The minimum Gasteiger partial charge on any atom is -0.309 e. The molecule has 0 spiro atoms. The number of nitrogens with zero attached hydrogens (tertiary/aromatic N) is 10. The molecule has 8 heterocycles. The molecule has 8 aromatic heterocycles. The normalized spacial score (nSPS) is 12.1. The van der Waals surface area contributed by atoms with Crippen LogP contribution in [0.25, 0.3) is 211 Å². The van der Waals surface area contributed by atoms with Gasteiger partial charge in [0, 0.05) is 98.3 Å². The Morgan fingerprint density at radius 1 is 0.157 bits per heavy atom. The molecular weight excluding hydrogens is 1320 g/mol. The molecule has 0 fully saturated rings. The van der Waals surface area contributed by atoms with Crippen molar-refractivity contribution in [1.82, 2.24) is 47.3 Å². The second-order valence-corrected chi connectivity index (χ2v) is 28.0. The Morgan fingerprint density at radius 3 is 0.676 bits per heavy atom. The van der Waals surface area contributed by atoms with Crippen LogP contribution in [0.4, 0.5) is 0 Å². The van der Waals surface area contributed by atoms with Gasteiger partial charge >= 0.3 is 0 Å². The van der Waals surface area contributed by atoms with Gasteiger partial charge in [0.1, 0.15) is 11.4 Å². The van der Waals surface area contributed by atoms with Crippen molar-refractivity contribution in [2.24, 2.45) is 0 Å². The topological polar surface area (TPSA) is 81.1 Å². The van der Waals surface area contributed by atoms with Gasteiger partial charge in [0.2, 0.25) is 0 Å². The van der Waals surface area contributed by atoms with Gasteiger partial charge in [-0.1, -0.05) is 267 Å². The summed E-state index contributed by atoms with van der Waals surface area (Å²) >= 11 is 0. The Hall–Kier alpha value is -14.7. The average molecular weight is 1380 g/mol. The fourth-order valence-corrected chi connectivity index (χ4v) is 17.7. The highest BCUT2D eigenvalue weighted by Gasteiger charge is 2.33. The molecule has 23 rings (SSSR count). The van der Waals surface area contributed by atoms with Gasteiger partial charge < -0.3 is 18.3 Å². The van der Waals surface area contributed by atoms with Crippen molar-refractivity contribution in [2.45, 2.75) is 0 Å². The second-order valence-electron chi connectivity index (χ2n) is 28.0. The lowest BCUT2D eigenvalue weighted by atomic mass is 9.98. The highest BCUT2D eigenvalue weighted by Crippen LogP contribution is 2.50. The maximum Gasteiger partial charge on any atom is 0.165 e. The lowest BCUT2D eigenvalue weighted by molar-refractivity contribution is 0.961. The fraction of sp³-hybridized carbons (Fsp3) is 0. The summed E-state index contributed by atoms with van der Waals surface area (Å²) in [5.74, 6) is 3.22. The van der Waals surface area contributed by atoms with E-state index in [4.69, 9.17) is 19.9 Å². The molecule has 0 aliphatic rings. The molecule has 0 atom stereocenters. The SMILES string of the molecule is c1ccc(-c2nc(-c3ccccc3)nc(-c3ccc(-c4c(-n5c6ccccc6c6ccccc65)c(-n5c6ccccc6c6cc(-n7c8ccccc8c8ccccc87)ccc65)nc(-n5c6ccccc6c6cc(-n7c8ccccc8c8ccccc87)ccc65)c4-n4c5ccccc5c5ccccc54)cc3)n2)cc1. The third kappa shape index (κ3) is 8.76. The summed E-state index contributed by atoms with van der Waals surface area (Å²) in [4.78, 5) is 22.5. The largest absolute Gasteiger partial charge is 0.309 e. The third-order valence-electron chi connectivity index (χ3n) is 22.3. The smallest absolute Gasteiger partial charge is 0.165 e. The van der Waals surface area contributed by atoms with E-state index >= 15 is 0 Å². The Kier molecular flexibility index (Phi) is 12.9. The van der Waals surface area contributed by atoms with E-state index < -0.39 is 0 Å². The first-order valence-electron chi connectivity index (χ1n) is 36.7. The van der Waals surface area contributed by atoms with Crippen LogP contribution in [0.5, 0.6) is 0 Å². The first-order valence-corrected chi connectivity index (χ1v) is 36.7. The van der Waals surface area contributed by atoms with Gasteiger partial charge in [-0.2, -0.15) is 0 Å². The van der Waals surface area contributed by atoms with Crippen LogP contribution < -0.4 is 0 Å². The molecule has 0 saturated carbocycles. The number of pyridine rings is 1. The zero-order chi connectivity index (χ0) is 70.7. The summed E-state index contributed by atoms with van der Waals surface area (Å²) in [6.45, 7) is 0. The number of para-hydroxylation sites is 10. The Balaban J connectivity index is 0.904. The number of hydrogen-bond acceptors (Lipinski definition) is 4. The summed E-state index contributed by atoms with van der Waals surface area (Å²) < 4.78 is 14.8. The summed E-state index contributed by atoms with van der Waals surface area (Å²) in [5.41, 5.74) is 21.2. The molecular formula is C98H60N10. The lowest BCUT2D eigenvalue weighted by Gasteiger charge is -2.27. The van der Waals surface area contributed by atoms with Gasteiger partial charge in [0.15, 0.2) is 29.1 Å². The molecule has 10 heteroatoms. The van der Waals surface area contributed by atoms with E-state index in [2.05, 4.69) is 355 Å². The Morgan fingerprint density at radius 2 is 0.380 bits per heavy atom. The minimum atomic E-state index is 0.562. The van der Waals surface area contributed by atoms with E-state index in [-0.39, 0.29) is 0 Å². The van der Waals surface area contributed by atoms with Gasteiger partial charge in [-0.15, -0.1) is 0 Å². The molecule has 15 aromatic carbocycles. The van der Waals surface area contributed by atoms with Crippen LogP contribution >= 0.6 is 0 Å². The summed E-state index contributed by atoms with van der Waals surface area (Å²) in [6.07, 6.45) is 0. The van der Waals surface area contributed by atoms with Crippen LogP contribution in [0.3, 0.4) is 0 Å². The molecule has 0 amide bonds. The van der Waals surface area contributed by atoms with Crippen molar-refractivity contribution in [2.75, 3.05) is 0 Å². The van der Waals surface area contributed by atoms with Crippen molar-refractivity contribution < 1.29 is 0 Å². The number of rotatable bonds is 10. The molecule has 0 N–H and O–H groups in total. The van der Waals surface area contributed by atoms with E-state index in [0.717, 1.165) is 171 Å². The molecule has 502 valence electrons. The average Bonchev–Trinajstić information content (AvgIpc) is 1.50. The summed E-state index contributed by atoms with van der Waals surface area (Å²) in [7, 11) is 0. The van der Waals surface area contributed by atoms with E-state index in [1.54, 1.807) is 0 Å². The van der Waals surface area contributed by atoms with Gasteiger partial charge in [-0.05, 0) is 103 Å². The first-order chi connectivity index (χ1) is 53.6. The quantitative estimate of drug-likeness (QED) is 0.137. The standard InChI is InChI=1S/C98H60N10/c1-3-27-62(28-4-1)94-99-95(63-29-5-2-6-30-63)101-96(100-94)64-53-51-61(52-54-64)91-92(105-83-45-21-11-35-71(83)72-36-12-22-46-84(72)105)97(107-87-49-25-15-39-75(87)77-59-65(55-57-89(77)107)103-79-41-17-7-31-67(79)68-32-8-18-42-80(68)103)102-98(93(91)106-85-47-23-13-37-73(85)74-38-14-24-48-86(74)106)108-88-50-26-16-40-76(88)78-60-66(56-58-90(78)108)104-81-43-19-9-33-69(81)70-34-10-20-44-82(70)104/h1-60H. The Bertz CT molecular complexity index is 7040. The Labute approximate surface area is 618 Å². The van der Waals surface area contributed by atoms with Crippen LogP contribution in [-0.4, -0.2) is 47.3 Å². The molecule has 108 heavy (non-hydrogen) atoms. The predicted molar refractivity (Wildman–Crippen MR) is 445 cm³/mol. The molecule has 0 aliphatic carbocycles. The van der Waals surface area contributed by atoms with Crippen molar-refractivity contribution in [3.63, 3.8) is 0 Å². The van der Waals surface area contributed by atoms with Crippen LogP contribution in [0.2, 0.25) is 0 Å². The minimum absolute atomic E-state index is 0.562. The first kappa shape index (κ1) is 59.8. The number of hydrogen-bond donors (Lipinski definition) is 0. The van der Waals surface area contributed by atoms with Gasteiger partial charge in [-0.25, -0.2) is 19.9 Å². The molecule has 0 unspecified atom stereocenters. The van der Waals surface area contributed by atoms with Crippen LogP contribution in [0, 0.1) is 0 Å².